The standard InChI is InChI=1S/C25H25Cl2N7O2/c1-32(8-9-35)17-11-14-6-7-16(10-15(14)12-17)30-24-29-13-18-22(28)34(25(36)33(2)23(18)31-24)21-19(26)4-3-5-20(21)27/h3-7,10,13,17,28,35H,8-9,11-12H2,1-2H3,(H,29,30,31)/t17-/m1/s1. The molecule has 186 valence electrons. The third kappa shape index (κ3) is 4.28. The molecule has 5 rings (SSSR count). The number of likely N-dealkylation sites (N-methyl/N-ethyl adjacent to an activating group) is 1. The number of halogens is 2. The predicted octanol–water partition coefficient (Wildman–Crippen LogP) is 3.04. The van der Waals surface area contributed by atoms with Crippen LogP contribution in [0.15, 0.2) is 47.4 Å². The fraction of sp³-hybridized carbons (Fsp3) is 0.280. The Bertz CT molecular complexity index is 1580. The highest BCUT2D eigenvalue weighted by molar-refractivity contribution is 6.37. The molecule has 2 heterocycles. The van der Waals surface area contributed by atoms with Crippen molar-refractivity contribution in [3.63, 3.8) is 0 Å². The quantitative estimate of drug-likeness (QED) is 0.356. The van der Waals surface area contributed by atoms with E-state index in [1.54, 1.807) is 25.2 Å². The van der Waals surface area contributed by atoms with Crippen molar-refractivity contribution in [2.24, 2.45) is 7.05 Å². The number of benzene rings is 2. The van der Waals surface area contributed by atoms with Gasteiger partial charge in [0.25, 0.3) is 0 Å². The first-order chi connectivity index (χ1) is 17.3. The maximum atomic E-state index is 13.2. The number of aryl methyl sites for hydroxylation is 1. The van der Waals surface area contributed by atoms with Crippen LogP contribution in [0.5, 0.6) is 0 Å². The van der Waals surface area contributed by atoms with Gasteiger partial charge < -0.3 is 15.3 Å². The number of hydrogen-bond acceptors (Lipinski definition) is 7. The summed E-state index contributed by atoms with van der Waals surface area (Å²) in [5.74, 6) is 0.317. The molecule has 2 aromatic heterocycles. The number of para-hydroxylation sites is 1. The van der Waals surface area contributed by atoms with Gasteiger partial charge in [0.15, 0.2) is 5.65 Å². The van der Waals surface area contributed by atoms with Crippen molar-refractivity contribution in [3.05, 3.63) is 79.7 Å². The number of nitrogens with zero attached hydrogens (tertiary/aromatic N) is 5. The molecular formula is C25H25Cl2N7O2. The van der Waals surface area contributed by atoms with Gasteiger partial charge in [0, 0.05) is 31.5 Å². The highest BCUT2D eigenvalue weighted by Gasteiger charge is 2.25. The van der Waals surface area contributed by atoms with Crippen LogP contribution in [0.2, 0.25) is 10.0 Å². The van der Waals surface area contributed by atoms with Crippen LogP contribution in [-0.4, -0.2) is 55.3 Å². The Labute approximate surface area is 217 Å². The molecule has 0 bridgehead atoms. The van der Waals surface area contributed by atoms with E-state index in [2.05, 4.69) is 32.3 Å². The molecule has 0 fully saturated rings. The van der Waals surface area contributed by atoms with E-state index < -0.39 is 5.69 Å². The molecule has 0 saturated carbocycles. The molecular weight excluding hydrogens is 501 g/mol. The molecule has 0 radical (unpaired) electrons. The number of hydrogen-bond donors (Lipinski definition) is 3. The first-order valence-electron chi connectivity index (χ1n) is 11.5. The van der Waals surface area contributed by atoms with Crippen LogP contribution in [0.3, 0.4) is 0 Å². The molecule has 0 saturated heterocycles. The molecule has 9 nitrogen and oxygen atoms in total. The number of aromatic nitrogens is 4. The van der Waals surface area contributed by atoms with Gasteiger partial charge in [-0.15, -0.1) is 0 Å². The number of rotatable bonds is 6. The van der Waals surface area contributed by atoms with E-state index in [1.807, 2.05) is 13.1 Å². The van der Waals surface area contributed by atoms with Crippen LogP contribution in [0, 0.1) is 5.41 Å². The molecule has 0 amide bonds. The molecule has 0 aliphatic heterocycles. The molecule has 1 aliphatic rings. The van der Waals surface area contributed by atoms with Gasteiger partial charge in [-0.25, -0.2) is 14.3 Å². The van der Waals surface area contributed by atoms with Crippen LogP contribution in [0.25, 0.3) is 16.7 Å². The molecule has 36 heavy (non-hydrogen) atoms. The lowest BCUT2D eigenvalue weighted by atomic mass is 10.1. The van der Waals surface area contributed by atoms with Crippen molar-refractivity contribution in [1.82, 2.24) is 24.0 Å². The summed E-state index contributed by atoms with van der Waals surface area (Å²) in [5, 5.41) is 22.0. The zero-order valence-corrected chi connectivity index (χ0v) is 21.3. The van der Waals surface area contributed by atoms with E-state index in [-0.39, 0.29) is 27.8 Å². The second-order valence-corrected chi connectivity index (χ2v) is 9.72. The van der Waals surface area contributed by atoms with Crippen LogP contribution < -0.4 is 16.5 Å². The summed E-state index contributed by atoms with van der Waals surface area (Å²) < 4.78 is 2.51. The average Bonchev–Trinajstić information content (AvgIpc) is 3.28. The molecule has 2 aromatic carbocycles. The lowest BCUT2D eigenvalue weighted by Crippen LogP contribution is -2.38. The Balaban J connectivity index is 1.49. The fourth-order valence-electron chi connectivity index (χ4n) is 4.68. The zero-order chi connectivity index (χ0) is 25.6. The molecule has 11 heteroatoms. The minimum atomic E-state index is -0.497. The first-order valence-corrected chi connectivity index (χ1v) is 12.2. The Morgan fingerprint density at radius 3 is 2.64 bits per heavy atom. The number of aliphatic hydroxyl groups excluding tert-OH is 1. The van der Waals surface area contributed by atoms with Crippen LogP contribution >= 0.6 is 23.2 Å². The Kier molecular flexibility index (Phi) is 6.57. The second kappa shape index (κ2) is 9.67. The van der Waals surface area contributed by atoms with Crippen molar-refractivity contribution >= 4 is 45.9 Å². The number of fused-ring (bicyclic) bond motifs is 2. The fourth-order valence-corrected chi connectivity index (χ4v) is 5.24. The largest absolute Gasteiger partial charge is 0.395 e. The SMILES string of the molecule is CN(CCO)[C@@H]1Cc2ccc(Nc3ncc4c(=N)n(-c5c(Cl)cccc5Cl)c(=O)n(C)c4n3)cc2C1. The minimum absolute atomic E-state index is 0.106. The topological polar surface area (TPSA) is 112 Å². The van der Waals surface area contributed by atoms with Gasteiger partial charge in [0.05, 0.1) is 27.7 Å². The van der Waals surface area contributed by atoms with Crippen molar-refractivity contribution < 1.29 is 5.11 Å². The summed E-state index contributed by atoms with van der Waals surface area (Å²) in [6, 6.07) is 11.4. The lowest BCUT2D eigenvalue weighted by Gasteiger charge is -2.22. The average molecular weight is 526 g/mol. The maximum Gasteiger partial charge on any atom is 0.335 e. The van der Waals surface area contributed by atoms with Gasteiger partial charge >= 0.3 is 5.69 Å². The van der Waals surface area contributed by atoms with E-state index in [9.17, 15) is 9.90 Å². The summed E-state index contributed by atoms with van der Waals surface area (Å²) >= 11 is 12.6. The Morgan fingerprint density at radius 1 is 1.19 bits per heavy atom. The van der Waals surface area contributed by atoms with Crippen LogP contribution in [-0.2, 0) is 19.9 Å². The summed E-state index contributed by atoms with van der Waals surface area (Å²) in [7, 11) is 3.61. The smallest absolute Gasteiger partial charge is 0.335 e. The van der Waals surface area contributed by atoms with Gasteiger partial charge in [-0.3, -0.25) is 9.98 Å². The van der Waals surface area contributed by atoms with E-state index in [1.165, 1.54) is 21.9 Å². The number of nitrogens with one attached hydrogen (secondary N) is 2. The van der Waals surface area contributed by atoms with Crippen LogP contribution in [0.1, 0.15) is 11.1 Å². The third-order valence-electron chi connectivity index (χ3n) is 6.65. The first kappa shape index (κ1) is 24.5. The van der Waals surface area contributed by atoms with E-state index in [0.29, 0.717) is 29.6 Å². The third-order valence-corrected chi connectivity index (χ3v) is 7.26. The van der Waals surface area contributed by atoms with Gasteiger partial charge in [-0.05, 0) is 55.3 Å². The normalized spacial score (nSPS) is 15.0. The van der Waals surface area contributed by atoms with E-state index in [4.69, 9.17) is 28.6 Å². The van der Waals surface area contributed by atoms with Crippen molar-refractivity contribution in [2.75, 3.05) is 25.5 Å². The summed E-state index contributed by atoms with van der Waals surface area (Å²) in [4.78, 5) is 24.3. The molecule has 1 atom stereocenters. The molecule has 3 N–H and O–H groups in total. The summed E-state index contributed by atoms with van der Waals surface area (Å²) in [6.45, 7) is 0.789. The van der Waals surface area contributed by atoms with E-state index in [0.717, 1.165) is 23.1 Å². The number of aliphatic hydroxyl groups is 1. The van der Waals surface area contributed by atoms with Crippen molar-refractivity contribution in [1.29, 1.82) is 5.41 Å². The maximum absolute atomic E-state index is 13.2. The number of anilines is 2. The van der Waals surface area contributed by atoms with Crippen molar-refractivity contribution in [2.45, 2.75) is 18.9 Å². The van der Waals surface area contributed by atoms with Gasteiger partial charge in [0.1, 0.15) is 5.49 Å². The monoisotopic (exact) mass is 525 g/mol. The Morgan fingerprint density at radius 2 is 1.92 bits per heavy atom. The minimum Gasteiger partial charge on any atom is -0.395 e. The molecule has 0 spiro atoms. The van der Waals surface area contributed by atoms with E-state index >= 15 is 0 Å². The molecule has 4 aromatic rings. The van der Waals surface area contributed by atoms with Crippen molar-refractivity contribution in [3.8, 4) is 5.69 Å². The second-order valence-electron chi connectivity index (χ2n) is 8.90. The highest BCUT2D eigenvalue weighted by atomic mass is 35.5. The van der Waals surface area contributed by atoms with Gasteiger partial charge in [0.2, 0.25) is 5.95 Å². The Hall–Kier alpha value is -3.24. The summed E-state index contributed by atoms with van der Waals surface area (Å²) in [6.07, 6.45) is 3.37. The van der Waals surface area contributed by atoms with Gasteiger partial charge in [-0.2, -0.15) is 4.98 Å². The summed E-state index contributed by atoms with van der Waals surface area (Å²) in [5.41, 5.74) is 3.33. The molecule has 1 aliphatic carbocycles. The predicted molar refractivity (Wildman–Crippen MR) is 141 cm³/mol. The van der Waals surface area contributed by atoms with Gasteiger partial charge in [-0.1, -0.05) is 35.3 Å². The molecule has 0 unspecified atom stereocenters. The van der Waals surface area contributed by atoms with Crippen LogP contribution in [0.4, 0.5) is 11.6 Å². The zero-order valence-electron chi connectivity index (χ0n) is 19.8. The lowest BCUT2D eigenvalue weighted by molar-refractivity contribution is 0.183. The highest BCUT2D eigenvalue weighted by Crippen LogP contribution is 2.29.